The number of rotatable bonds is 2. The van der Waals surface area contributed by atoms with Crippen molar-refractivity contribution in [3.63, 3.8) is 0 Å². The zero-order valence-electron chi connectivity index (χ0n) is 6.22. The minimum Gasteiger partial charge on any atom is -0.460 e. The third-order valence-corrected chi connectivity index (χ3v) is 0.838. The van der Waals surface area contributed by atoms with E-state index in [4.69, 9.17) is 0 Å². The van der Waals surface area contributed by atoms with Gasteiger partial charge in [-0.3, -0.25) is 0 Å². The monoisotopic (exact) mass is 214 g/mol. The van der Waals surface area contributed by atoms with Crippen molar-refractivity contribution in [2.75, 3.05) is 6.61 Å². The lowest BCUT2D eigenvalue weighted by atomic mass is 10.5. The predicted octanol–water partition coefficient (Wildman–Crippen LogP) is 1.09. The summed E-state index contributed by atoms with van der Waals surface area (Å²) in [5.74, 6) is -0.505. The Morgan fingerprint density at radius 3 is 2.75 bits per heavy atom. The van der Waals surface area contributed by atoms with Gasteiger partial charge in [-0.2, -0.15) is 0 Å². The highest BCUT2D eigenvalue weighted by Gasteiger charge is 2.10. The average Bonchev–Trinajstić information content (AvgIpc) is 2.38. The average molecular weight is 215 g/mol. The molecule has 0 aliphatic carbocycles. The van der Waals surface area contributed by atoms with Gasteiger partial charge in [0.2, 0.25) is 0 Å². The first-order valence-corrected chi connectivity index (χ1v) is 2.79. The van der Waals surface area contributed by atoms with Crippen molar-refractivity contribution in [1.29, 1.82) is 0 Å². The number of esters is 1. The molecule has 1 aromatic rings. The second kappa shape index (κ2) is 6.87. The van der Waals surface area contributed by atoms with Crippen LogP contribution >= 0.6 is 24.8 Å². The number of carbonyl (C=O) groups excluding carboxylic acids is 1. The van der Waals surface area contributed by atoms with Crippen molar-refractivity contribution in [2.45, 2.75) is 6.92 Å². The molecule has 1 rings (SSSR count). The van der Waals surface area contributed by atoms with Crippen LogP contribution in [0.4, 0.5) is 0 Å². The number of hydrogen-bond acceptors (Lipinski definition) is 5. The first-order chi connectivity index (χ1) is 4.84. The normalized spacial score (nSPS) is 7.75. The van der Waals surface area contributed by atoms with Gasteiger partial charge in [0, 0.05) is 5.27 Å². The Balaban J connectivity index is 0. The molecule has 1 aromatic heterocycles. The quantitative estimate of drug-likeness (QED) is 0.690. The highest BCUT2D eigenvalue weighted by Crippen LogP contribution is 1.95. The Kier molecular flexibility index (Phi) is 7.88. The predicted molar refractivity (Wildman–Crippen MR) is 44.8 cm³/mol. The van der Waals surface area contributed by atoms with Gasteiger partial charge in [-0.05, 0) is 6.92 Å². The van der Waals surface area contributed by atoms with Gasteiger partial charge < -0.3 is 9.26 Å². The maximum absolute atomic E-state index is 10.7. The van der Waals surface area contributed by atoms with Crippen molar-refractivity contribution in [3.8, 4) is 0 Å². The van der Waals surface area contributed by atoms with Crippen LogP contribution in [0.3, 0.4) is 0 Å². The molecule has 0 aliphatic rings. The maximum atomic E-state index is 10.7. The van der Waals surface area contributed by atoms with Crippen LogP contribution in [0, 0.1) is 0 Å². The van der Waals surface area contributed by atoms with Crippen molar-refractivity contribution in [3.05, 3.63) is 12.0 Å². The zero-order valence-corrected chi connectivity index (χ0v) is 7.85. The van der Waals surface area contributed by atoms with E-state index in [2.05, 4.69) is 19.6 Å². The van der Waals surface area contributed by atoms with E-state index in [1.54, 1.807) is 6.92 Å². The summed E-state index contributed by atoms with van der Waals surface area (Å²) in [6.07, 6.45) is 1.21. The van der Waals surface area contributed by atoms with Gasteiger partial charge in [0.05, 0.1) is 6.61 Å². The minimum atomic E-state index is -0.535. The van der Waals surface area contributed by atoms with E-state index in [0.717, 1.165) is 0 Å². The van der Waals surface area contributed by atoms with Crippen LogP contribution in [0.25, 0.3) is 0 Å². The first-order valence-electron chi connectivity index (χ1n) is 2.79. The molecule has 0 unspecified atom stereocenters. The molecule has 0 bridgehead atoms. The lowest BCUT2D eigenvalue weighted by molar-refractivity contribution is 0.0479. The smallest absolute Gasteiger partial charge is 0.378 e. The lowest BCUT2D eigenvalue weighted by Gasteiger charge is -1.93. The van der Waals surface area contributed by atoms with E-state index in [1.807, 2.05) is 0 Å². The maximum Gasteiger partial charge on any atom is 0.378 e. The fraction of sp³-hybridized carbons (Fsp3) is 0.400. The Morgan fingerprint density at radius 1 is 1.67 bits per heavy atom. The molecule has 7 heteroatoms. The van der Waals surface area contributed by atoms with E-state index in [0.29, 0.717) is 6.61 Å². The molecular weight excluding hydrogens is 207 g/mol. The summed E-state index contributed by atoms with van der Waals surface area (Å²) < 4.78 is 8.99. The summed E-state index contributed by atoms with van der Waals surface area (Å²) in [5.41, 5.74) is 0. The Labute approximate surface area is 81.3 Å². The molecule has 70 valence electrons. The second-order valence-corrected chi connectivity index (χ2v) is 1.50. The summed E-state index contributed by atoms with van der Waals surface area (Å²) in [6, 6.07) is 0. The Morgan fingerprint density at radius 2 is 2.33 bits per heavy atom. The van der Waals surface area contributed by atoms with Crippen LogP contribution < -0.4 is 0 Å². The molecule has 0 radical (unpaired) electrons. The Bertz CT molecular complexity index is 214. The Hall–Kier alpha value is -0.810. The topological polar surface area (TPSA) is 65.2 Å². The second-order valence-electron chi connectivity index (χ2n) is 1.50. The van der Waals surface area contributed by atoms with E-state index in [9.17, 15) is 4.79 Å². The van der Waals surface area contributed by atoms with Gasteiger partial charge in [-0.1, -0.05) is 0 Å². The third kappa shape index (κ3) is 3.54. The molecule has 0 spiro atoms. The molecule has 0 amide bonds. The largest absolute Gasteiger partial charge is 0.460 e. The summed E-state index contributed by atoms with van der Waals surface area (Å²) in [4.78, 5) is 10.7. The van der Waals surface area contributed by atoms with Crippen LogP contribution in [-0.4, -0.2) is 22.9 Å². The van der Waals surface area contributed by atoms with E-state index in [1.165, 1.54) is 6.20 Å². The third-order valence-electron chi connectivity index (χ3n) is 0.838. The number of hydrogen-bond donors (Lipinski definition) is 0. The van der Waals surface area contributed by atoms with E-state index in [-0.39, 0.29) is 30.6 Å². The van der Waals surface area contributed by atoms with Gasteiger partial charge in [0.25, 0.3) is 5.76 Å². The molecule has 0 saturated heterocycles. The van der Waals surface area contributed by atoms with Gasteiger partial charge >= 0.3 is 5.97 Å². The summed E-state index contributed by atoms with van der Waals surface area (Å²) >= 11 is 0. The van der Waals surface area contributed by atoms with Crippen LogP contribution in [0.1, 0.15) is 17.5 Å². The van der Waals surface area contributed by atoms with Crippen molar-refractivity contribution in [1.82, 2.24) is 10.4 Å². The van der Waals surface area contributed by atoms with Crippen LogP contribution in [0.15, 0.2) is 10.7 Å². The molecule has 12 heavy (non-hydrogen) atoms. The number of carbonyl (C=O) groups is 1. The highest BCUT2D eigenvalue weighted by atomic mass is 35.5. The molecule has 0 aliphatic heterocycles. The summed E-state index contributed by atoms with van der Waals surface area (Å²) in [6.45, 7) is 2.03. The SMILES string of the molecule is CCOC(=O)c1cnno1.Cl.Cl. The van der Waals surface area contributed by atoms with Crippen molar-refractivity contribution >= 4 is 30.8 Å². The van der Waals surface area contributed by atoms with Crippen molar-refractivity contribution < 1.29 is 14.1 Å². The molecule has 5 nitrogen and oxygen atoms in total. The van der Waals surface area contributed by atoms with Crippen LogP contribution in [0.5, 0.6) is 0 Å². The summed E-state index contributed by atoms with van der Waals surface area (Å²) in [7, 11) is 0. The van der Waals surface area contributed by atoms with Gasteiger partial charge in [-0.15, -0.1) is 29.9 Å². The van der Waals surface area contributed by atoms with Crippen molar-refractivity contribution in [2.24, 2.45) is 0 Å². The lowest BCUT2D eigenvalue weighted by Crippen LogP contribution is -2.02. The van der Waals surface area contributed by atoms with Gasteiger partial charge in [0.1, 0.15) is 6.20 Å². The van der Waals surface area contributed by atoms with Crippen LogP contribution in [0.2, 0.25) is 0 Å². The number of nitrogens with zero attached hydrogens (tertiary/aromatic N) is 2. The minimum absolute atomic E-state index is 0. The van der Waals surface area contributed by atoms with E-state index < -0.39 is 5.97 Å². The fourth-order valence-corrected chi connectivity index (χ4v) is 0.459. The van der Waals surface area contributed by atoms with E-state index >= 15 is 0 Å². The number of aromatic nitrogens is 2. The molecular formula is C5H8Cl2N2O3. The molecule has 0 atom stereocenters. The number of halogens is 2. The highest BCUT2D eigenvalue weighted by molar-refractivity contribution is 5.86. The first kappa shape index (κ1) is 13.8. The van der Waals surface area contributed by atoms with Crippen LogP contribution in [-0.2, 0) is 4.74 Å². The molecule has 0 fully saturated rings. The number of ether oxygens (including phenoxy) is 1. The molecule has 0 aromatic carbocycles. The molecule has 1 heterocycles. The summed E-state index contributed by atoms with van der Waals surface area (Å²) in [5, 5.41) is 6.41. The molecule has 0 N–H and O–H groups in total. The van der Waals surface area contributed by atoms with Gasteiger partial charge in [-0.25, -0.2) is 4.79 Å². The zero-order chi connectivity index (χ0) is 7.40. The fourth-order valence-electron chi connectivity index (χ4n) is 0.459. The van der Waals surface area contributed by atoms with Gasteiger partial charge in [0.15, 0.2) is 0 Å². The standard InChI is InChI=1S/C5H6N2O3.2ClH/c1-2-9-5(8)4-3-6-7-10-4;;/h3H,2H2,1H3;2*1H. The molecule has 0 saturated carbocycles.